The summed E-state index contributed by atoms with van der Waals surface area (Å²) >= 11 is 0. The molecule has 10 nitrogen and oxygen atoms in total. The molecule has 0 aromatic heterocycles. The monoisotopic (exact) mass is 498 g/mol. The Morgan fingerprint density at radius 1 is 1.00 bits per heavy atom. The van der Waals surface area contributed by atoms with Gasteiger partial charge in [0.05, 0.1) is 36.6 Å². The summed E-state index contributed by atoms with van der Waals surface area (Å²) in [5.74, 6) is -1.39. The fraction of sp³-hybridized carbons (Fsp3) is 1.00. The lowest BCUT2D eigenvalue weighted by atomic mass is 9.42. The summed E-state index contributed by atoms with van der Waals surface area (Å²) in [6, 6.07) is -0.115. The van der Waals surface area contributed by atoms with E-state index < -0.39 is 58.4 Å². The zero-order chi connectivity index (χ0) is 25.3. The van der Waals surface area contributed by atoms with E-state index in [-0.39, 0.29) is 36.3 Å². The van der Waals surface area contributed by atoms with E-state index in [4.69, 9.17) is 24.7 Å². The van der Waals surface area contributed by atoms with Crippen LogP contribution >= 0.6 is 0 Å². The molecule has 1 aliphatic heterocycles. The Kier molecular flexibility index (Phi) is 5.40. The van der Waals surface area contributed by atoms with E-state index in [9.17, 15) is 20.4 Å². The van der Waals surface area contributed by atoms with Crippen LogP contribution in [0.1, 0.15) is 19.8 Å². The van der Waals surface area contributed by atoms with Crippen molar-refractivity contribution in [2.24, 2.45) is 40.2 Å². The molecule has 1 saturated heterocycles. The van der Waals surface area contributed by atoms with Crippen molar-refractivity contribution >= 4 is 0 Å². The summed E-state index contributed by atoms with van der Waals surface area (Å²) in [7, 11) is 6.46. The van der Waals surface area contributed by atoms with Crippen LogP contribution in [0.3, 0.4) is 0 Å². The van der Waals surface area contributed by atoms with Gasteiger partial charge in [0.1, 0.15) is 17.8 Å². The zero-order valence-electron chi connectivity index (χ0n) is 21.3. The van der Waals surface area contributed by atoms with Crippen LogP contribution in [0.2, 0.25) is 0 Å². The lowest BCUT2D eigenvalue weighted by molar-refractivity contribution is -0.288. The normalized spacial score (nSPS) is 62.4. The first-order chi connectivity index (χ1) is 16.6. The molecule has 5 aliphatic carbocycles. The number of ether oxygens (including phenoxy) is 4. The van der Waals surface area contributed by atoms with Crippen molar-refractivity contribution in [1.82, 2.24) is 4.90 Å². The number of rotatable bonds is 6. The molecule has 0 amide bonds. The number of fused-ring (bicyclic) bond motifs is 2. The number of nitrogens with zero attached hydrogens (tertiary/aromatic N) is 1. The predicted octanol–water partition coefficient (Wildman–Crippen LogP) is -1.82. The Labute approximate surface area is 206 Å². The van der Waals surface area contributed by atoms with Crippen molar-refractivity contribution in [3.05, 3.63) is 0 Å². The SMILES string of the molecule is CCN1CC2(COC)C(O)CC(OC)C34C5CC6(O)C(O)C5C(N)(C(O)C6OC)C(C(OC)C23)C14. The fourth-order valence-electron chi connectivity index (χ4n) is 11.1. The van der Waals surface area contributed by atoms with Crippen molar-refractivity contribution in [3.63, 3.8) is 0 Å². The molecular formula is C25H42N2O8. The third-order valence-electron chi connectivity index (χ3n) is 11.8. The topological polar surface area (TPSA) is 147 Å². The molecule has 6 aliphatic rings. The molecule has 0 radical (unpaired) electrons. The number of aliphatic hydroxyl groups excluding tert-OH is 3. The van der Waals surface area contributed by atoms with Gasteiger partial charge in [0.25, 0.3) is 0 Å². The molecule has 35 heavy (non-hydrogen) atoms. The Hall–Kier alpha value is -0.400. The van der Waals surface area contributed by atoms with Crippen molar-refractivity contribution in [2.45, 2.75) is 73.6 Å². The molecular weight excluding hydrogens is 456 g/mol. The molecule has 5 saturated carbocycles. The quantitative estimate of drug-likeness (QED) is 0.284. The van der Waals surface area contributed by atoms with Crippen LogP contribution in [0, 0.1) is 34.5 Å². The lowest BCUT2D eigenvalue weighted by Crippen LogP contribution is -2.83. The van der Waals surface area contributed by atoms with Gasteiger partial charge in [0.2, 0.25) is 0 Å². The zero-order valence-corrected chi connectivity index (χ0v) is 21.3. The van der Waals surface area contributed by atoms with Gasteiger partial charge < -0.3 is 45.1 Å². The molecule has 10 heteroatoms. The molecule has 1 spiro atoms. The van der Waals surface area contributed by atoms with Gasteiger partial charge >= 0.3 is 0 Å². The molecule has 0 aromatic rings. The van der Waals surface area contributed by atoms with Gasteiger partial charge in [-0.15, -0.1) is 0 Å². The molecule has 200 valence electrons. The first-order valence-electron chi connectivity index (χ1n) is 13.0. The van der Waals surface area contributed by atoms with Gasteiger partial charge in [-0.05, 0) is 18.9 Å². The minimum atomic E-state index is -1.63. The maximum Gasteiger partial charge on any atom is 0.120 e. The second-order valence-corrected chi connectivity index (χ2v) is 12.2. The van der Waals surface area contributed by atoms with Crippen molar-refractivity contribution in [3.8, 4) is 0 Å². The molecule has 15 unspecified atom stereocenters. The van der Waals surface area contributed by atoms with E-state index in [2.05, 4.69) is 11.8 Å². The largest absolute Gasteiger partial charge is 0.392 e. The van der Waals surface area contributed by atoms with Gasteiger partial charge in [0.15, 0.2) is 0 Å². The lowest BCUT2D eigenvalue weighted by Gasteiger charge is -2.70. The van der Waals surface area contributed by atoms with Gasteiger partial charge in [-0.3, -0.25) is 4.90 Å². The molecule has 1 heterocycles. The number of piperidine rings is 1. The van der Waals surface area contributed by atoms with Crippen molar-refractivity contribution in [1.29, 1.82) is 0 Å². The average molecular weight is 499 g/mol. The summed E-state index contributed by atoms with van der Waals surface area (Å²) < 4.78 is 24.0. The summed E-state index contributed by atoms with van der Waals surface area (Å²) in [5.41, 5.74) is 3.24. The highest BCUT2D eigenvalue weighted by Gasteiger charge is 2.90. The van der Waals surface area contributed by atoms with E-state index in [1.54, 1.807) is 21.3 Å². The Balaban J connectivity index is 1.68. The standard InChI is InChI=1S/C25H42N2O8/c1-6-27-9-22(10-32-2)12(28)7-13(33-3)24-11-8-23(31)19(29)14(11)25(26,20(30)21(23)35-5)15(18(24)27)16(34-4)17(22)24/h11-21,28-31H,6-10,26H2,1-5H3. The second-order valence-electron chi connectivity index (χ2n) is 12.2. The van der Waals surface area contributed by atoms with Gasteiger partial charge in [-0.25, -0.2) is 0 Å². The number of hydrogen-bond donors (Lipinski definition) is 5. The average Bonchev–Trinajstić information content (AvgIpc) is 3.19. The fourth-order valence-corrected chi connectivity index (χ4v) is 11.1. The molecule has 6 rings (SSSR count). The number of likely N-dealkylation sites (tertiary alicyclic amines) is 1. The first-order valence-corrected chi connectivity index (χ1v) is 13.0. The molecule has 6 N–H and O–H groups in total. The van der Waals surface area contributed by atoms with Crippen LogP contribution < -0.4 is 5.73 Å². The first kappa shape index (κ1) is 24.9. The number of methoxy groups -OCH3 is 4. The molecule has 6 fully saturated rings. The van der Waals surface area contributed by atoms with E-state index in [0.717, 1.165) is 0 Å². The van der Waals surface area contributed by atoms with Crippen molar-refractivity contribution in [2.75, 3.05) is 48.1 Å². The number of aliphatic hydroxyl groups is 4. The molecule has 7 bridgehead atoms. The van der Waals surface area contributed by atoms with Crippen LogP contribution in [-0.4, -0.2) is 127 Å². The summed E-state index contributed by atoms with van der Waals surface area (Å²) in [4.78, 5) is 2.37. The number of nitrogens with two attached hydrogens (primary N) is 1. The smallest absolute Gasteiger partial charge is 0.120 e. The summed E-state index contributed by atoms with van der Waals surface area (Å²) in [6.45, 7) is 3.77. The van der Waals surface area contributed by atoms with E-state index in [0.29, 0.717) is 26.1 Å². The highest BCUT2D eigenvalue weighted by atomic mass is 16.5. The Bertz CT molecular complexity index is 880. The van der Waals surface area contributed by atoms with Gasteiger partial charge in [0, 0.05) is 76.0 Å². The highest BCUT2D eigenvalue weighted by Crippen LogP contribution is 2.79. The van der Waals surface area contributed by atoms with Gasteiger partial charge in [-0.1, -0.05) is 6.92 Å². The molecule has 0 aromatic carbocycles. The maximum absolute atomic E-state index is 11.8. The van der Waals surface area contributed by atoms with Crippen LogP contribution in [0.25, 0.3) is 0 Å². The highest BCUT2D eigenvalue weighted by molar-refractivity contribution is 5.40. The minimum Gasteiger partial charge on any atom is -0.392 e. The van der Waals surface area contributed by atoms with Crippen LogP contribution in [0.15, 0.2) is 0 Å². The summed E-state index contributed by atoms with van der Waals surface area (Å²) in [5, 5.41) is 47.0. The Morgan fingerprint density at radius 3 is 2.29 bits per heavy atom. The Morgan fingerprint density at radius 2 is 1.71 bits per heavy atom. The third kappa shape index (κ3) is 2.35. The summed E-state index contributed by atoms with van der Waals surface area (Å²) in [6.07, 6.45) is -4.13. The van der Waals surface area contributed by atoms with E-state index in [1.807, 2.05) is 0 Å². The van der Waals surface area contributed by atoms with Crippen molar-refractivity contribution < 1.29 is 39.4 Å². The molecule has 15 atom stereocenters. The predicted molar refractivity (Wildman–Crippen MR) is 123 cm³/mol. The van der Waals surface area contributed by atoms with Crippen LogP contribution in [0.4, 0.5) is 0 Å². The van der Waals surface area contributed by atoms with E-state index >= 15 is 0 Å². The van der Waals surface area contributed by atoms with Gasteiger partial charge in [-0.2, -0.15) is 0 Å². The minimum absolute atomic E-state index is 0.115. The maximum atomic E-state index is 11.8. The second kappa shape index (κ2) is 7.59. The number of hydrogen-bond acceptors (Lipinski definition) is 10. The van der Waals surface area contributed by atoms with Crippen LogP contribution in [-0.2, 0) is 18.9 Å². The van der Waals surface area contributed by atoms with E-state index in [1.165, 1.54) is 7.11 Å². The third-order valence-corrected chi connectivity index (χ3v) is 11.8. The van der Waals surface area contributed by atoms with Crippen LogP contribution in [0.5, 0.6) is 0 Å².